The Kier molecular flexibility index (Phi) is 4.52. The fourth-order valence-electron chi connectivity index (χ4n) is 1.50. The van der Waals surface area contributed by atoms with Gasteiger partial charge in [-0.3, -0.25) is 0 Å². The third-order valence-corrected chi connectivity index (χ3v) is 2.39. The van der Waals surface area contributed by atoms with Crippen LogP contribution in [-0.4, -0.2) is 11.7 Å². The molecule has 0 amide bonds. The maximum absolute atomic E-state index is 13.0. The van der Waals surface area contributed by atoms with Gasteiger partial charge in [-0.15, -0.1) is 0 Å². The van der Waals surface area contributed by atoms with Crippen LogP contribution in [0.25, 0.3) is 0 Å². The summed E-state index contributed by atoms with van der Waals surface area (Å²) in [6.07, 6.45) is 2.48. The fraction of sp³-hybridized carbons (Fsp3) is 0.455. The third kappa shape index (κ3) is 3.18. The fourth-order valence-corrected chi connectivity index (χ4v) is 1.50. The molecule has 0 fully saturated rings. The van der Waals surface area contributed by atoms with Gasteiger partial charge in [0.05, 0.1) is 0 Å². The second-order valence-electron chi connectivity index (χ2n) is 3.57. The van der Waals surface area contributed by atoms with E-state index in [1.54, 1.807) is 12.1 Å². The predicted molar refractivity (Wildman–Crippen MR) is 57.9 cm³/mol. The number of rotatable bonds is 5. The number of nitrogens with two attached hydrogens (primary N) is 2. The summed E-state index contributed by atoms with van der Waals surface area (Å²) >= 11 is 0. The molecule has 0 radical (unpaired) electrons. The monoisotopic (exact) mass is 212 g/mol. The number of halogens is 1. The van der Waals surface area contributed by atoms with Crippen LogP contribution in [0.15, 0.2) is 18.2 Å². The SMILES string of the molecule is NCCCC[C@@H](N)c1cccc(F)c1O. The van der Waals surface area contributed by atoms with E-state index in [0.717, 1.165) is 12.8 Å². The number of phenolic OH excluding ortho intramolecular Hbond substituents is 1. The third-order valence-electron chi connectivity index (χ3n) is 2.39. The molecule has 0 bridgehead atoms. The predicted octanol–water partition coefficient (Wildman–Crippen LogP) is 1.66. The molecule has 1 aromatic carbocycles. The Hall–Kier alpha value is -1.13. The topological polar surface area (TPSA) is 72.3 Å². The Morgan fingerprint density at radius 3 is 2.73 bits per heavy atom. The van der Waals surface area contributed by atoms with Crippen LogP contribution in [0.4, 0.5) is 4.39 Å². The largest absolute Gasteiger partial charge is 0.505 e. The standard InChI is InChI=1S/C11H17FN2O/c12-9-5-3-4-8(11(9)15)10(14)6-1-2-7-13/h3-5,10,15H,1-2,6-7,13-14H2/t10-/m1/s1. The van der Waals surface area contributed by atoms with Crippen LogP contribution < -0.4 is 11.5 Å². The summed E-state index contributed by atoms with van der Waals surface area (Å²) in [5.41, 5.74) is 11.7. The van der Waals surface area contributed by atoms with Gasteiger partial charge in [0.2, 0.25) is 0 Å². The van der Waals surface area contributed by atoms with Crippen molar-refractivity contribution in [3.05, 3.63) is 29.6 Å². The lowest BCUT2D eigenvalue weighted by molar-refractivity contribution is 0.417. The highest BCUT2D eigenvalue weighted by atomic mass is 19.1. The minimum atomic E-state index is -0.623. The van der Waals surface area contributed by atoms with Crippen molar-refractivity contribution in [3.8, 4) is 5.75 Å². The maximum Gasteiger partial charge on any atom is 0.165 e. The average Bonchev–Trinajstić information content (AvgIpc) is 2.22. The van der Waals surface area contributed by atoms with Crippen molar-refractivity contribution in [2.24, 2.45) is 11.5 Å². The highest BCUT2D eigenvalue weighted by Crippen LogP contribution is 2.27. The lowest BCUT2D eigenvalue weighted by atomic mass is 10.0. The molecule has 1 rings (SSSR count). The van der Waals surface area contributed by atoms with Crippen molar-refractivity contribution in [1.82, 2.24) is 0 Å². The van der Waals surface area contributed by atoms with Crippen molar-refractivity contribution in [1.29, 1.82) is 0 Å². The zero-order chi connectivity index (χ0) is 11.3. The van der Waals surface area contributed by atoms with Gasteiger partial charge in [0.25, 0.3) is 0 Å². The van der Waals surface area contributed by atoms with Gasteiger partial charge < -0.3 is 16.6 Å². The van der Waals surface area contributed by atoms with Gasteiger partial charge in [0.1, 0.15) is 0 Å². The van der Waals surface area contributed by atoms with Crippen molar-refractivity contribution in [3.63, 3.8) is 0 Å². The molecule has 0 aliphatic heterocycles. The smallest absolute Gasteiger partial charge is 0.165 e. The van der Waals surface area contributed by atoms with Crippen LogP contribution in [0.5, 0.6) is 5.75 Å². The first-order chi connectivity index (χ1) is 7.16. The molecule has 84 valence electrons. The Labute approximate surface area is 88.9 Å². The summed E-state index contributed by atoms with van der Waals surface area (Å²) in [5.74, 6) is -0.959. The van der Waals surface area contributed by atoms with E-state index in [1.807, 2.05) is 0 Å². The molecule has 1 atom stereocenters. The first-order valence-electron chi connectivity index (χ1n) is 5.10. The van der Waals surface area contributed by atoms with Crippen LogP contribution >= 0.6 is 0 Å². The van der Waals surface area contributed by atoms with Crippen LogP contribution in [0, 0.1) is 5.82 Å². The van der Waals surface area contributed by atoms with E-state index in [4.69, 9.17) is 11.5 Å². The van der Waals surface area contributed by atoms with Gasteiger partial charge in [-0.25, -0.2) is 4.39 Å². The van der Waals surface area contributed by atoms with E-state index in [9.17, 15) is 9.50 Å². The van der Waals surface area contributed by atoms with Crippen LogP contribution in [0.3, 0.4) is 0 Å². The molecule has 5 N–H and O–H groups in total. The molecule has 1 aromatic rings. The number of unbranched alkanes of at least 4 members (excludes halogenated alkanes) is 1. The van der Waals surface area contributed by atoms with Gasteiger partial charge in [-0.2, -0.15) is 0 Å². The number of hydrogen-bond donors (Lipinski definition) is 3. The second kappa shape index (κ2) is 5.68. The van der Waals surface area contributed by atoms with E-state index >= 15 is 0 Å². The molecule has 0 saturated heterocycles. The Bertz CT molecular complexity index is 317. The molecule has 15 heavy (non-hydrogen) atoms. The van der Waals surface area contributed by atoms with Crippen LogP contribution in [0.2, 0.25) is 0 Å². The molecule has 0 saturated carbocycles. The molecule has 0 unspecified atom stereocenters. The molecule has 4 heteroatoms. The van der Waals surface area contributed by atoms with Gasteiger partial charge in [-0.05, 0) is 25.5 Å². The molecule has 0 spiro atoms. The van der Waals surface area contributed by atoms with E-state index in [0.29, 0.717) is 18.5 Å². The van der Waals surface area contributed by atoms with Gasteiger partial charge >= 0.3 is 0 Å². The zero-order valence-corrected chi connectivity index (χ0v) is 8.62. The van der Waals surface area contributed by atoms with E-state index in [2.05, 4.69) is 0 Å². The van der Waals surface area contributed by atoms with Crippen molar-refractivity contribution in [2.75, 3.05) is 6.54 Å². The summed E-state index contributed by atoms with van der Waals surface area (Å²) < 4.78 is 13.0. The maximum atomic E-state index is 13.0. The minimum Gasteiger partial charge on any atom is -0.505 e. The second-order valence-corrected chi connectivity index (χ2v) is 3.57. The molecule has 0 aromatic heterocycles. The van der Waals surface area contributed by atoms with Crippen molar-refractivity contribution in [2.45, 2.75) is 25.3 Å². The first-order valence-corrected chi connectivity index (χ1v) is 5.10. The molecular formula is C11H17FN2O. The number of para-hydroxylation sites is 1. The van der Waals surface area contributed by atoms with Gasteiger partial charge in [0, 0.05) is 11.6 Å². The van der Waals surface area contributed by atoms with E-state index < -0.39 is 5.82 Å². The highest BCUT2D eigenvalue weighted by molar-refractivity contribution is 5.35. The minimum absolute atomic E-state index is 0.327. The Morgan fingerprint density at radius 1 is 1.33 bits per heavy atom. The van der Waals surface area contributed by atoms with Crippen LogP contribution in [-0.2, 0) is 0 Å². The number of phenols is 1. The number of benzene rings is 1. The zero-order valence-electron chi connectivity index (χ0n) is 8.62. The lowest BCUT2D eigenvalue weighted by Gasteiger charge is -2.13. The molecule has 0 aliphatic carbocycles. The highest BCUT2D eigenvalue weighted by Gasteiger charge is 2.13. The average molecular weight is 212 g/mol. The number of aromatic hydroxyl groups is 1. The van der Waals surface area contributed by atoms with Crippen molar-refractivity contribution >= 4 is 0 Å². The Morgan fingerprint density at radius 2 is 2.07 bits per heavy atom. The molecule has 3 nitrogen and oxygen atoms in total. The lowest BCUT2D eigenvalue weighted by Crippen LogP contribution is -2.11. The molecular weight excluding hydrogens is 195 g/mol. The van der Waals surface area contributed by atoms with Crippen LogP contribution in [0.1, 0.15) is 30.9 Å². The summed E-state index contributed by atoms with van der Waals surface area (Å²) in [6, 6.07) is 4.08. The Balaban J connectivity index is 2.65. The summed E-state index contributed by atoms with van der Waals surface area (Å²) in [5, 5.41) is 9.44. The normalized spacial score (nSPS) is 12.7. The first kappa shape index (κ1) is 11.9. The van der Waals surface area contributed by atoms with Crippen molar-refractivity contribution < 1.29 is 9.50 Å². The van der Waals surface area contributed by atoms with E-state index in [-0.39, 0.29) is 11.8 Å². The molecule has 0 heterocycles. The van der Waals surface area contributed by atoms with Gasteiger partial charge in [0.15, 0.2) is 11.6 Å². The van der Waals surface area contributed by atoms with Gasteiger partial charge in [-0.1, -0.05) is 18.6 Å². The summed E-state index contributed by atoms with van der Waals surface area (Å²) in [6.45, 7) is 0.627. The summed E-state index contributed by atoms with van der Waals surface area (Å²) in [7, 11) is 0. The van der Waals surface area contributed by atoms with E-state index in [1.165, 1.54) is 6.07 Å². The quantitative estimate of drug-likeness (QED) is 0.650. The summed E-state index contributed by atoms with van der Waals surface area (Å²) in [4.78, 5) is 0. The number of hydrogen-bond acceptors (Lipinski definition) is 3. The molecule has 0 aliphatic rings.